The van der Waals surface area contributed by atoms with Crippen LogP contribution in [-0.4, -0.2) is 31.6 Å². The van der Waals surface area contributed by atoms with Crippen molar-refractivity contribution >= 4 is 11.8 Å². The van der Waals surface area contributed by atoms with E-state index in [0.717, 1.165) is 0 Å². The first-order chi connectivity index (χ1) is 8.72. The summed E-state index contributed by atoms with van der Waals surface area (Å²) in [6.45, 7) is 2.82. The molecule has 1 aliphatic heterocycles. The minimum atomic E-state index is -0.531. The van der Waals surface area contributed by atoms with Crippen LogP contribution in [0.15, 0.2) is 18.2 Å². The van der Waals surface area contributed by atoms with Crippen LogP contribution < -0.4 is 9.47 Å². The van der Waals surface area contributed by atoms with Gasteiger partial charge in [-0.1, -0.05) is 6.07 Å². The van der Waals surface area contributed by atoms with E-state index in [4.69, 9.17) is 14.2 Å². The van der Waals surface area contributed by atoms with Gasteiger partial charge in [0.2, 0.25) is 0 Å². The Morgan fingerprint density at radius 3 is 2.83 bits per heavy atom. The van der Waals surface area contributed by atoms with Gasteiger partial charge in [-0.3, -0.25) is 9.59 Å². The maximum Gasteiger partial charge on any atom is 0.313 e. The number of esters is 1. The molecular formula is C13H14O5. The molecule has 5 nitrogen and oxygen atoms in total. The number of Topliss-reactive ketones (excluding diaryl/α,β-unsaturated/α-hetero) is 1. The summed E-state index contributed by atoms with van der Waals surface area (Å²) in [4.78, 5) is 23.2. The van der Waals surface area contributed by atoms with E-state index in [1.807, 2.05) is 0 Å². The molecule has 0 aliphatic carbocycles. The first kappa shape index (κ1) is 12.4. The van der Waals surface area contributed by atoms with E-state index in [2.05, 4.69) is 0 Å². The van der Waals surface area contributed by atoms with Crippen LogP contribution in [0, 0.1) is 0 Å². The van der Waals surface area contributed by atoms with Gasteiger partial charge in [0.15, 0.2) is 17.3 Å². The minimum Gasteiger partial charge on any atom is -0.486 e. The van der Waals surface area contributed by atoms with Gasteiger partial charge in [0, 0.05) is 0 Å². The fourth-order valence-corrected chi connectivity index (χ4v) is 1.73. The molecule has 0 unspecified atom stereocenters. The van der Waals surface area contributed by atoms with Crippen molar-refractivity contribution in [2.75, 3.05) is 19.8 Å². The zero-order valence-corrected chi connectivity index (χ0v) is 10.1. The zero-order chi connectivity index (χ0) is 13.0. The van der Waals surface area contributed by atoms with E-state index in [9.17, 15) is 9.59 Å². The smallest absolute Gasteiger partial charge is 0.313 e. The summed E-state index contributed by atoms with van der Waals surface area (Å²) in [6.07, 6.45) is -0.284. The predicted octanol–water partition coefficient (Wildman–Crippen LogP) is 1.59. The summed E-state index contributed by atoms with van der Waals surface area (Å²) in [5, 5.41) is 0. The molecule has 5 heteroatoms. The first-order valence-corrected chi connectivity index (χ1v) is 5.79. The quantitative estimate of drug-likeness (QED) is 0.461. The molecule has 1 aromatic rings. The maximum absolute atomic E-state index is 12.0. The van der Waals surface area contributed by atoms with Crippen molar-refractivity contribution in [3.05, 3.63) is 23.8 Å². The van der Waals surface area contributed by atoms with E-state index in [-0.39, 0.29) is 18.8 Å². The van der Waals surface area contributed by atoms with Crippen molar-refractivity contribution in [3.8, 4) is 11.5 Å². The summed E-state index contributed by atoms with van der Waals surface area (Å²) < 4.78 is 15.5. The summed E-state index contributed by atoms with van der Waals surface area (Å²) in [7, 11) is 0. The number of hydrogen-bond acceptors (Lipinski definition) is 5. The molecule has 0 saturated carbocycles. The van der Waals surface area contributed by atoms with E-state index >= 15 is 0 Å². The number of ketones is 1. The van der Waals surface area contributed by atoms with Crippen LogP contribution in [0.4, 0.5) is 0 Å². The number of benzene rings is 1. The van der Waals surface area contributed by atoms with Crippen LogP contribution in [0.1, 0.15) is 23.7 Å². The second-order valence-corrected chi connectivity index (χ2v) is 3.73. The fourth-order valence-electron chi connectivity index (χ4n) is 1.73. The minimum absolute atomic E-state index is 0.263. The van der Waals surface area contributed by atoms with Crippen molar-refractivity contribution in [2.24, 2.45) is 0 Å². The molecule has 0 atom stereocenters. The van der Waals surface area contributed by atoms with Gasteiger partial charge in [0.05, 0.1) is 12.2 Å². The Morgan fingerprint density at radius 1 is 1.28 bits per heavy atom. The monoisotopic (exact) mass is 250 g/mol. The fraction of sp³-hybridized carbons (Fsp3) is 0.385. The molecule has 1 aliphatic rings. The first-order valence-electron chi connectivity index (χ1n) is 5.79. The number of rotatable bonds is 4. The largest absolute Gasteiger partial charge is 0.486 e. The third-order valence-corrected chi connectivity index (χ3v) is 2.48. The molecule has 0 amide bonds. The third-order valence-electron chi connectivity index (χ3n) is 2.48. The number of carbonyl (C=O) groups excluding carboxylic acids is 2. The van der Waals surface area contributed by atoms with Crippen LogP contribution in [0.2, 0.25) is 0 Å². The molecule has 0 saturated heterocycles. The lowest BCUT2D eigenvalue weighted by Gasteiger charge is -2.20. The molecule has 2 rings (SSSR count). The lowest BCUT2D eigenvalue weighted by Crippen LogP contribution is -2.19. The van der Waals surface area contributed by atoms with Gasteiger partial charge >= 0.3 is 5.97 Å². The number of fused-ring (bicyclic) bond motifs is 1. The molecule has 1 aromatic carbocycles. The Labute approximate surface area is 105 Å². The van der Waals surface area contributed by atoms with Crippen molar-refractivity contribution < 1.29 is 23.8 Å². The van der Waals surface area contributed by atoms with E-state index in [1.54, 1.807) is 25.1 Å². The average Bonchev–Trinajstić information content (AvgIpc) is 2.38. The highest BCUT2D eigenvalue weighted by Gasteiger charge is 2.22. The van der Waals surface area contributed by atoms with Crippen molar-refractivity contribution in [1.82, 2.24) is 0 Å². The van der Waals surface area contributed by atoms with Crippen molar-refractivity contribution in [1.29, 1.82) is 0 Å². The van der Waals surface area contributed by atoms with E-state index in [0.29, 0.717) is 30.3 Å². The summed E-state index contributed by atoms with van der Waals surface area (Å²) in [5.74, 6) is 0.0987. The lowest BCUT2D eigenvalue weighted by atomic mass is 10.1. The van der Waals surface area contributed by atoms with Crippen LogP contribution in [0.5, 0.6) is 11.5 Å². The Morgan fingerprint density at radius 2 is 2.06 bits per heavy atom. The summed E-state index contributed by atoms with van der Waals surface area (Å²) in [5.41, 5.74) is 0.361. The highest BCUT2D eigenvalue weighted by molar-refractivity contribution is 6.08. The van der Waals surface area contributed by atoms with Crippen LogP contribution in [-0.2, 0) is 9.53 Å². The summed E-state index contributed by atoms with van der Waals surface area (Å²) in [6, 6.07) is 5.05. The Hall–Kier alpha value is -2.04. The average molecular weight is 250 g/mol. The zero-order valence-electron chi connectivity index (χ0n) is 10.1. The molecule has 0 radical (unpaired) electrons. The van der Waals surface area contributed by atoms with E-state index in [1.165, 1.54) is 0 Å². The molecule has 0 bridgehead atoms. The summed E-state index contributed by atoms with van der Waals surface area (Å²) >= 11 is 0. The highest BCUT2D eigenvalue weighted by Crippen LogP contribution is 2.34. The number of carbonyl (C=O) groups is 2. The predicted molar refractivity (Wildman–Crippen MR) is 63.0 cm³/mol. The van der Waals surface area contributed by atoms with Gasteiger partial charge in [-0.05, 0) is 19.1 Å². The van der Waals surface area contributed by atoms with Crippen LogP contribution in [0.25, 0.3) is 0 Å². The Kier molecular flexibility index (Phi) is 3.82. The molecule has 96 valence electrons. The van der Waals surface area contributed by atoms with E-state index < -0.39 is 5.97 Å². The molecule has 0 N–H and O–H groups in total. The third kappa shape index (κ3) is 2.61. The van der Waals surface area contributed by atoms with Crippen LogP contribution in [0.3, 0.4) is 0 Å². The maximum atomic E-state index is 12.0. The van der Waals surface area contributed by atoms with Gasteiger partial charge in [0.25, 0.3) is 0 Å². The molecule has 0 spiro atoms. The Bertz CT molecular complexity index is 466. The number of hydrogen-bond donors (Lipinski definition) is 0. The second-order valence-electron chi connectivity index (χ2n) is 3.73. The molecule has 0 aromatic heterocycles. The van der Waals surface area contributed by atoms with Gasteiger partial charge < -0.3 is 14.2 Å². The van der Waals surface area contributed by atoms with Crippen molar-refractivity contribution in [2.45, 2.75) is 13.3 Å². The highest BCUT2D eigenvalue weighted by atomic mass is 16.6. The SMILES string of the molecule is CCOC(=O)CC(=O)c1cccc2c1OCCO2. The van der Waals surface area contributed by atoms with Gasteiger partial charge in [-0.15, -0.1) is 0 Å². The van der Waals surface area contributed by atoms with Gasteiger partial charge in [-0.2, -0.15) is 0 Å². The van der Waals surface area contributed by atoms with Crippen molar-refractivity contribution in [3.63, 3.8) is 0 Å². The Balaban J connectivity index is 2.17. The molecule has 18 heavy (non-hydrogen) atoms. The van der Waals surface area contributed by atoms with Crippen LogP contribution >= 0.6 is 0 Å². The molecule has 1 heterocycles. The second kappa shape index (κ2) is 5.53. The number of ether oxygens (including phenoxy) is 3. The topological polar surface area (TPSA) is 61.8 Å². The normalized spacial score (nSPS) is 12.9. The number of para-hydroxylation sites is 1. The molecule has 0 fully saturated rings. The van der Waals surface area contributed by atoms with Gasteiger partial charge in [-0.25, -0.2) is 0 Å². The standard InChI is InChI=1S/C13H14O5/c1-2-16-12(15)8-10(14)9-4-3-5-11-13(9)18-7-6-17-11/h3-5H,2,6-8H2,1H3. The van der Waals surface area contributed by atoms with Gasteiger partial charge in [0.1, 0.15) is 19.6 Å². The molecular weight excluding hydrogens is 236 g/mol. The lowest BCUT2D eigenvalue weighted by molar-refractivity contribution is -0.141.